The molecule has 35 heavy (non-hydrogen) atoms. The van der Waals surface area contributed by atoms with Crippen LogP contribution in [0.2, 0.25) is 5.02 Å². The molecule has 11 heteroatoms. The highest BCUT2D eigenvalue weighted by Gasteiger charge is 2.30. The van der Waals surface area contributed by atoms with Gasteiger partial charge in [0.05, 0.1) is 26.2 Å². The molecule has 9 nitrogen and oxygen atoms in total. The number of benzene rings is 2. The first-order chi connectivity index (χ1) is 16.5. The van der Waals surface area contributed by atoms with Gasteiger partial charge in [0.25, 0.3) is 0 Å². The van der Waals surface area contributed by atoms with Gasteiger partial charge in [0.2, 0.25) is 21.8 Å². The molecule has 0 heterocycles. The highest BCUT2D eigenvalue weighted by atomic mass is 35.5. The zero-order valence-electron chi connectivity index (χ0n) is 20.6. The smallest absolute Gasteiger partial charge is 0.244 e. The van der Waals surface area contributed by atoms with Crippen LogP contribution < -0.4 is 19.1 Å². The van der Waals surface area contributed by atoms with Gasteiger partial charge in [-0.15, -0.1) is 0 Å². The first kappa shape index (κ1) is 28.3. The van der Waals surface area contributed by atoms with Gasteiger partial charge in [0.1, 0.15) is 12.6 Å². The van der Waals surface area contributed by atoms with Crippen molar-refractivity contribution >= 4 is 39.1 Å². The second-order valence-corrected chi connectivity index (χ2v) is 10.2. The quantitative estimate of drug-likeness (QED) is 0.456. The van der Waals surface area contributed by atoms with Crippen molar-refractivity contribution in [2.75, 3.05) is 37.9 Å². The van der Waals surface area contributed by atoms with Crippen molar-refractivity contribution in [2.45, 2.75) is 32.9 Å². The van der Waals surface area contributed by atoms with E-state index in [9.17, 15) is 18.0 Å². The number of carbonyl (C=O) groups excluding carboxylic acids is 2. The van der Waals surface area contributed by atoms with E-state index in [0.29, 0.717) is 28.6 Å². The molecule has 0 aliphatic carbocycles. The number of halogens is 1. The summed E-state index contributed by atoms with van der Waals surface area (Å²) in [6, 6.07) is 10.7. The fourth-order valence-corrected chi connectivity index (χ4v) is 4.42. The maximum absolute atomic E-state index is 13.5. The minimum Gasteiger partial charge on any atom is -0.493 e. The van der Waals surface area contributed by atoms with Crippen LogP contribution in [0.4, 0.5) is 5.69 Å². The summed E-state index contributed by atoms with van der Waals surface area (Å²) in [6.07, 6.45) is 1.74. The third-order valence-electron chi connectivity index (χ3n) is 5.35. The molecule has 2 amide bonds. The van der Waals surface area contributed by atoms with Crippen molar-refractivity contribution in [3.63, 3.8) is 0 Å². The third-order valence-corrected chi connectivity index (χ3v) is 6.86. The Morgan fingerprint density at radius 3 is 2.31 bits per heavy atom. The third kappa shape index (κ3) is 7.50. The maximum Gasteiger partial charge on any atom is 0.244 e. The Morgan fingerprint density at radius 2 is 1.74 bits per heavy atom. The van der Waals surface area contributed by atoms with E-state index in [2.05, 4.69) is 5.32 Å². The number of hydrogen-bond donors (Lipinski definition) is 1. The van der Waals surface area contributed by atoms with Crippen LogP contribution in [0.5, 0.6) is 11.5 Å². The van der Waals surface area contributed by atoms with Crippen LogP contribution in [0.3, 0.4) is 0 Å². The molecule has 0 aromatic heterocycles. The maximum atomic E-state index is 13.5. The van der Waals surface area contributed by atoms with Crippen molar-refractivity contribution < 1.29 is 27.5 Å². The number of sulfonamides is 1. The molecule has 0 saturated heterocycles. The predicted molar refractivity (Wildman–Crippen MR) is 137 cm³/mol. The summed E-state index contributed by atoms with van der Waals surface area (Å²) >= 11 is 6.31. The Morgan fingerprint density at radius 1 is 1.09 bits per heavy atom. The number of hydrogen-bond acceptors (Lipinski definition) is 6. The highest BCUT2D eigenvalue weighted by molar-refractivity contribution is 7.92. The van der Waals surface area contributed by atoms with E-state index in [1.54, 1.807) is 37.3 Å². The summed E-state index contributed by atoms with van der Waals surface area (Å²) in [5.74, 6) is -0.183. The molecule has 0 aliphatic rings. The lowest BCUT2D eigenvalue weighted by molar-refractivity contribution is -0.139. The van der Waals surface area contributed by atoms with Crippen LogP contribution in [-0.2, 0) is 26.2 Å². The normalized spacial score (nSPS) is 11.9. The van der Waals surface area contributed by atoms with Gasteiger partial charge in [0.15, 0.2) is 11.5 Å². The molecular formula is C24H32ClN3O6S. The monoisotopic (exact) mass is 525 g/mol. The molecule has 2 aromatic rings. The molecule has 1 atom stereocenters. The number of rotatable bonds is 12. The molecule has 2 aromatic carbocycles. The molecule has 2 rings (SSSR count). The van der Waals surface area contributed by atoms with Crippen LogP contribution in [0.25, 0.3) is 0 Å². The van der Waals surface area contributed by atoms with Gasteiger partial charge < -0.3 is 19.7 Å². The summed E-state index contributed by atoms with van der Waals surface area (Å²) in [5.41, 5.74) is 0.856. The van der Waals surface area contributed by atoms with Crippen molar-refractivity contribution in [1.29, 1.82) is 0 Å². The summed E-state index contributed by atoms with van der Waals surface area (Å²) in [6.45, 7) is 3.48. The molecule has 1 N–H and O–H groups in total. The second kappa shape index (κ2) is 12.6. The van der Waals surface area contributed by atoms with Gasteiger partial charge in [0, 0.05) is 24.2 Å². The minimum atomic E-state index is -3.87. The molecular weight excluding hydrogens is 494 g/mol. The molecule has 0 fully saturated rings. The Kier molecular flexibility index (Phi) is 10.2. The van der Waals surface area contributed by atoms with Gasteiger partial charge in [-0.05, 0) is 37.1 Å². The van der Waals surface area contributed by atoms with Crippen molar-refractivity contribution in [3.05, 3.63) is 53.1 Å². The van der Waals surface area contributed by atoms with E-state index in [4.69, 9.17) is 21.1 Å². The average Bonchev–Trinajstić information content (AvgIpc) is 2.83. The standard InChI is InChI=1S/C24H32ClN3O6S/c1-6-13-26-24(30)17(2)27(15-18-9-7-8-10-20(18)25)23(29)16-28(35(5,31)32)19-11-12-21(33-3)22(14-19)34-4/h7-12,14,17H,6,13,15-16H2,1-5H3,(H,26,30). The van der Waals surface area contributed by atoms with Crippen LogP contribution in [0, 0.1) is 0 Å². The molecule has 0 radical (unpaired) electrons. The van der Waals surface area contributed by atoms with Gasteiger partial charge in [-0.25, -0.2) is 8.42 Å². The van der Waals surface area contributed by atoms with Crippen LogP contribution in [0.1, 0.15) is 25.8 Å². The number of carbonyl (C=O) groups is 2. The Bertz CT molecular complexity index is 1140. The van der Waals surface area contributed by atoms with Crippen LogP contribution >= 0.6 is 11.6 Å². The van der Waals surface area contributed by atoms with E-state index in [0.717, 1.165) is 17.0 Å². The minimum absolute atomic E-state index is 0.0305. The number of amides is 2. The lowest BCUT2D eigenvalue weighted by atomic mass is 10.1. The van der Waals surface area contributed by atoms with Crippen molar-refractivity contribution in [2.24, 2.45) is 0 Å². The topological polar surface area (TPSA) is 105 Å². The predicted octanol–water partition coefficient (Wildman–Crippen LogP) is 3.07. The SMILES string of the molecule is CCCNC(=O)C(C)N(Cc1ccccc1Cl)C(=O)CN(c1ccc(OC)c(OC)c1)S(C)(=O)=O. The number of ether oxygens (including phenoxy) is 2. The molecule has 0 spiro atoms. The highest BCUT2D eigenvalue weighted by Crippen LogP contribution is 2.32. The zero-order chi connectivity index (χ0) is 26.2. The summed E-state index contributed by atoms with van der Waals surface area (Å²) in [7, 11) is -0.974. The summed E-state index contributed by atoms with van der Waals surface area (Å²) in [5, 5.41) is 3.22. The van der Waals surface area contributed by atoms with E-state index in [1.165, 1.54) is 31.3 Å². The molecule has 1 unspecified atom stereocenters. The van der Waals surface area contributed by atoms with Gasteiger partial charge in [-0.1, -0.05) is 36.7 Å². The number of anilines is 1. The molecule has 192 valence electrons. The number of methoxy groups -OCH3 is 2. The lowest BCUT2D eigenvalue weighted by Crippen LogP contribution is -2.51. The Hall–Kier alpha value is -2.98. The van der Waals surface area contributed by atoms with Crippen LogP contribution in [-0.4, -0.2) is 64.7 Å². The van der Waals surface area contributed by atoms with Gasteiger partial charge >= 0.3 is 0 Å². The number of nitrogens with one attached hydrogen (secondary N) is 1. The average molecular weight is 526 g/mol. The first-order valence-electron chi connectivity index (χ1n) is 11.0. The first-order valence-corrected chi connectivity index (χ1v) is 13.3. The largest absolute Gasteiger partial charge is 0.493 e. The molecule has 0 bridgehead atoms. The molecule has 0 aliphatic heterocycles. The van der Waals surface area contributed by atoms with E-state index in [-0.39, 0.29) is 18.1 Å². The van der Waals surface area contributed by atoms with Crippen molar-refractivity contribution in [3.8, 4) is 11.5 Å². The van der Waals surface area contributed by atoms with Gasteiger partial charge in [-0.2, -0.15) is 0 Å². The fraction of sp³-hybridized carbons (Fsp3) is 0.417. The number of nitrogens with zero attached hydrogens (tertiary/aromatic N) is 2. The Balaban J connectivity index is 2.43. The van der Waals surface area contributed by atoms with Crippen molar-refractivity contribution in [1.82, 2.24) is 10.2 Å². The second-order valence-electron chi connectivity index (χ2n) is 7.89. The van der Waals surface area contributed by atoms with Crippen LogP contribution in [0.15, 0.2) is 42.5 Å². The fourth-order valence-electron chi connectivity index (χ4n) is 3.38. The van der Waals surface area contributed by atoms with E-state index in [1.807, 2.05) is 6.92 Å². The Labute approximate surface area is 212 Å². The van der Waals surface area contributed by atoms with E-state index < -0.39 is 28.5 Å². The van der Waals surface area contributed by atoms with Gasteiger partial charge in [-0.3, -0.25) is 13.9 Å². The summed E-state index contributed by atoms with van der Waals surface area (Å²) in [4.78, 5) is 27.6. The summed E-state index contributed by atoms with van der Waals surface area (Å²) < 4.78 is 36.8. The lowest BCUT2D eigenvalue weighted by Gasteiger charge is -2.31. The molecule has 0 saturated carbocycles. The zero-order valence-corrected chi connectivity index (χ0v) is 22.1. The van der Waals surface area contributed by atoms with E-state index >= 15 is 0 Å².